The number of hydrogen-bond acceptors (Lipinski definition) is 4. The number of hydrazine groups is 1. The van der Waals surface area contributed by atoms with Gasteiger partial charge in [0.25, 0.3) is 0 Å². The summed E-state index contributed by atoms with van der Waals surface area (Å²) in [6.07, 6.45) is 6.23. The fourth-order valence-electron chi connectivity index (χ4n) is 4.27. The van der Waals surface area contributed by atoms with E-state index in [2.05, 4.69) is 78.0 Å². The van der Waals surface area contributed by atoms with Crippen LogP contribution in [0.1, 0.15) is 41.2 Å². The molecule has 1 atom stereocenters. The zero-order valence-corrected chi connectivity index (χ0v) is 17.5. The molecular weight excluding hydrogens is 370 g/mol. The number of anilines is 2. The molecule has 2 aliphatic rings. The molecule has 0 amide bonds. The molecule has 0 radical (unpaired) electrons. The van der Waals surface area contributed by atoms with Gasteiger partial charge in [0.05, 0.1) is 5.69 Å². The number of nitrogens with zero attached hydrogens (tertiary/aromatic N) is 1. The summed E-state index contributed by atoms with van der Waals surface area (Å²) >= 11 is 0. The number of nitrogen functional groups attached to an aromatic ring is 1. The fraction of sp³-hybridized carbons (Fsp3) is 0.231. The first-order valence-electron chi connectivity index (χ1n) is 10.6. The van der Waals surface area contributed by atoms with Gasteiger partial charge in [-0.05, 0) is 41.7 Å². The van der Waals surface area contributed by atoms with E-state index in [1.165, 1.54) is 16.7 Å². The van der Waals surface area contributed by atoms with Crippen LogP contribution < -0.4 is 20.9 Å². The Hall–Kier alpha value is -3.24. The molecule has 0 spiro atoms. The molecule has 0 aromatic heterocycles. The normalized spacial score (nSPS) is 19.7. The van der Waals surface area contributed by atoms with Crippen LogP contribution in [0.25, 0.3) is 12.2 Å². The number of fused-ring (bicyclic) bond motifs is 4. The molecule has 3 N–H and O–H groups in total. The van der Waals surface area contributed by atoms with Crippen molar-refractivity contribution < 1.29 is 4.74 Å². The summed E-state index contributed by atoms with van der Waals surface area (Å²) in [6, 6.07) is 21.3. The van der Waals surface area contributed by atoms with E-state index in [1.807, 2.05) is 19.1 Å². The van der Waals surface area contributed by atoms with Crippen LogP contribution >= 0.6 is 0 Å². The van der Waals surface area contributed by atoms with Gasteiger partial charge >= 0.3 is 0 Å². The maximum Gasteiger partial charge on any atom is 0.205 e. The molecule has 0 saturated carbocycles. The minimum Gasteiger partial charge on any atom is -0.465 e. The summed E-state index contributed by atoms with van der Waals surface area (Å²) in [5.41, 5.74) is 17.0. The van der Waals surface area contributed by atoms with Crippen molar-refractivity contribution >= 4 is 23.5 Å². The van der Waals surface area contributed by atoms with Crippen LogP contribution in [0.3, 0.4) is 0 Å². The molecule has 1 unspecified atom stereocenters. The number of benzene rings is 3. The van der Waals surface area contributed by atoms with E-state index in [0.29, 0.717) is 0 Å². The van der Waals surface area contributed by atoms with Crippen LogP contribution in [-0.2, 0) is 12.1 Å². The minimum absolute atomic E-state index is 0.535. The smallest absolute Gasteiger partial charge is 0.205 e. The van der Waals surface area contributed by atoms with Gasteiger partial charge in [-0.1, -0.05) is 73.7 Å². The second kappa shape index (κ2) is 7.22. The molecule has 1 fully saturated rings. The third-order valence-corrected chi connectivity index (χ3v) is 6.19. The standard InChI is InChI=1S/C26H27N3O/c1-3-19-5-7-20(8-6-19)9-10-21-11-13-22(14-12-21)26-16-17-29(28-26)25-23(30-26)15-4-18(2)24(25)27/h4-15,28H,3,16-17,27H2,1-2H3/b10-9+. The first-order valence-corrected chi connectivity index (χ1v) is 10.6. The van der Waals surface area contributed by atoms with E-state index in [1.54, 1.807) is 0 Å². The zero-order valence-electron chi connectivity index (χ0n) is 17.5. The quantitative estimate of drug-likeness (QED) is 0.465. The lowest BCUT2D eigenvalue weighted by atomic mass is 9.99. The van der Waals surface area contributed by atoms with E-state index in [0.717, 1.165) is 47.6 Å². The molecule has 152 valence electrons. The molecule has 2 bridgehead atoms. The molecule has 30 heavy (non-hydrogen) atoms. The highest BCUT2D eigenvalue weighted by atomic mass is 16.5. The summed E-state index contributed by atoms with van der Waals surface area (Å²) in [5, 5.41) is 2.13. The molecule has 3 aromatic carbocycles. The van der Waals surface area contributed by atoms with Crippen molar-refractivity contribution in [3.8, 4) is 5.75 Å². The fourth-order valence-corrected chi connectivity index (χ4v) is 4.27. The van der Waals surface area contributed by atoms with E-state index in [-0.39, 0.29) is 0 Å². The van der Waals surface area contributed by atoms with E-state index < -0.39 is 5.72 Å². The average molecular weight is 398 g/mol. The Balaban J connectivity index is 1.38. The number of ether oxygens (including phenoxy) is 1. The van der Waals surface area contributed by atoms with Gasteiger partial charge in [0, 0.05) is 18.5 Å². The van der Waals surface area contributed by atoms with Crippen LogP contribution in [0.15, 0.2) is 60.7 Å². The lowest BCUT2D eigenvalue weighted by Gasteiger charge is -2.38. The SMILES string of the molecule is CCc1ccc(/C=C/c2ccc(C34CCN(N3)c3c(ccc(C)c3N)O4)cc2)cc1. The predicted molar refractivity (Wildman–Crippen MR) is 124 cm³/mol. The molecule has 2 heterocycles. The van der Waals surface area contributed by atoms with E-state index in [4.69, 9.17) is 10.5 Å². The van der Waals surface area contributed by atoms with Crippen molar-refractivity contribution in [3.63, 3.8) is 0 Å². The van der Waals surface area contributed by atoms with Crippen molar-refractivity contribution in [1.82, 2.24) is 5.43 Å². The molecule has 1 saturated heterocycles. The summed E-state index contributed by atoms with van der Waals surface area (Å²) in [7, 11) is 0. The van der Waals surface area contributed by atoms with Crippen molar-refractivity contribution in [2.75, 3.05) is 17.3 Å². The molecule has 3 aromatic rings. The van der Waals surface area contributed by atoms with Gasteiger partial charge in [0.2, 0.25) is 5.72 Å². The van der Waals surface area contributed by atoms with Gasteiger partial charge in [-0.3, -0.25) is 5.01 Å². The lowest BCUT2D eigenvalue weighted by Crippen LogP contribution is -2.51. The summed E-state index contributed by atoms with van der Waals surface area (Å²) < 4.78 is 6.47. The van der Waals surface area contributed by atoms with Gasteiger partial charge in [0.1, 0.15) is 11.4 Å². The second-order valence-electron chi connectivity index (χ2n) is 8.14. The highest BCUT2D eigenvalue weighted by Gasteiger charge is 2.47. The Morgan fingerprint density at radius 2 is 1.67 bits per heavy atom. The molecule has 2 aliphatic heterocycles. The van der Waals surface area contributed by atoms with Gasteiger partial charge in [-0.25, -0.2) is 0 Å². The number of aryl methyl sites for hydroxylation is 2. The largest absolute Gasteiger partial charge is 0.465 e. The number of hydrogen-bond donors (Lipinski definition) is 2. The van der Waals surface area contributed by atoms with E-state index >= 15 is 0 Å². The average Bonchev–Trinajstić information content (AvgIpc) is 3.13. The van der Waals surface area contributed by atoms with Crippen LogP contribution in [0.5, 0.6) is 5.75 Å². The second-order valence-corrected chi connectivity index (χ2v) is 8.14. The third-order valence-electron chi connectivity index (χ3n) is 6.19. The van der Waals surface area contributed by atoms with Crippen LogP contribution in [0.2, 0.25) is 0 Å². The maximum atomic E-state index is 6.47. The monoisotopic (exact) mass is 397 g/mol. The third kappa shape index (κ3) is 3.14. The molecule has 5 rings (SSSR count). The zero-order chi connectivity index (χ0) is 20.7. The number of rotatable bonds is 4. The lowest BCUT2D eigenvalue weighted by molar-refractivity contribution is 0.0411. The molecule has 4 heteroatoms. The van der Waals surface area contributed by atoms with E-state index in [9.17, 15) is 0 Å². The van der Waals surface area contributed by atoms with Gasteiger partial charge < -0.3 is 10.5 Å². The van der Waals surface area contributed by atoms with Gasteiger partial charge in [0.15, 0.2) is 0 Å². The Morgan fingerprint density at radius 3 is 2.33 bits per heavy atom. The predicted octanol–water partition coefficient (Wildman–Crippen LogP) is 5.27. The van der Waals surface area contributed by atoms with Crippen molar-refractivity contribution in [2.45, 2.75) is 32.4 Å². The Kier molecular flexibility index (Phi) is 4.52. The van der Waals surface area contributed by atoms with Crippen molar-refractivity contribution in [3.05, 3.63) is 88.5 Å². The number of nitrogens with two attached hydrogens (primary N) is 1. The van der Waals surface area contributed by atoms with Crippen LogP contribution in [0, 0.1) is 6.92 Å². The first kappa shape index (κ1) is 18.8. The first-order chi connectivity index (χ1) is 14.6. The van der Waals surface area contributed by atoms with Crippen LogP contribution in [0.4, 0.5) is 11.4 Å². The van der Waals surface area contributed by atoms with Crippen molar-refractivity contribution in [1.29, 1.82) is 0 Å². The summed E-state index contributed by atoms with van der Waals surface area (Å²) in [5.74, 6) is 0.842. The highest BCUT2D eigenvalue weighted by Crippen LogP contribution is 2.47. The summed E-state index contributed by atoms with van der Waals surface area (Å²) in [6.45, 7) is 5.06. The molecular formula is C26H27N3O. The Bertz CT molecular complexity index is 1100. The Morgan fingerprint density at radius 1 is 1.00 bits per heavy atom. The number of nitrogens with one attached hydrogen (secondary N) is 1. The van der Waals surface area contributed by atoms with Crippen LogP contribution in [-0.4, -0.2) is 6.54 Å². The highest BCUT2D eigenvalue weighted by molar-refractivity contribution is 5.79. The van der Waals surface area contributed by atoms with Crippen molar-refractivity contribution in [2.24, 2.45) is 0 Å². The van der Waals surface area contributed by atoms with Gasteiger partial charge in [-0.2, -0.15) is 5.43 Å². The molecule has 0 aliphatic carbocycles. The Labute approximate surface area is 177 Å². The van der Waals surface area contributed by atoms with Gasteiger partial charge in [-0.15, -0.1) is 0 Å². The molecule has 4 nitrogen and oxygen atoms in total. The summed E-state index contributed by atoms with van der Waals surface area (Å²) in [4.78, 5) is 0. The minimum atomic E-state index is -0.535. The topological polar surface area (TPSA) is 50.5 Å². The maximum absolute atomic E-state index is 6.47.